The van der Waals surface area contributed by atoms with Crippen LogP contribution >= 0.6 is 0 Å². The van der Waals surface area contributed by atoms with E-state index in [0.29, 0.717) is 25.3 Å². The van der Waals surface area contributed by atoms with Crippen molar-refractivity contribution in [3.63, 3.8) is 0 Å². The van der Waals surface area contributed by atoms with Gasteiger partial charge in [0.2, 0.25) is 0 Å². The van der Waals surface area contributed by atoms with Crippen LogP contribution in [0.3, 0.4) is 0 Å². The summed E-state index contributed by atoms with van der Waals surface area (Å²) in [5.74, 6) is -7.32. The Labute approximate surface area is 267 Å². The predicted octanol–water partition coefficient (Wildman–Crippen LogP) is 6.63. The highest BCUT2D eigenvalue weighted by Gasteiger charge is 2.49. The second-order valence-corrected chi connectivity index (χ2v) is 10.8. The molecule has 2 atom stereocenters. The van der Waals surface area contributed by atoms with Crippen molar-refractivity contribution in [1.29, 1.82) is 0 Å². The Morgan fingerprint density at radius 3 is 1.29 bits per heavy atom. The number of rotatable bonds is 14. The van der Waals surface area contributed by atoms with E-state index < -0.39 is 71.4 Å². The quantitative estimate of drug-likeness (QED) is 0.0805. The molecule has 2 heterocycles. The van der Waals surface area contributed by atoms with Gasteiger partial charge in [-0.25, -0.2) is 8.78 Å². The van der Waals surface area contributed by atoms with Crippen molar-refractivity contribution >= 4 is 11.9 Å². The molecular formula is C32H26F8O8. The van der Waals surface area contributed by atoms with Crippen molar-refractivity contribution in [2.24, 2.45) is 0 Å². The Kier molecular flexibility index (Phi) is 10.4. The minimum Gasteiger partial charge on any atom is -0.488 e. The lowest BCUT2D eigenvalue weighted by molar-refractivity contribution is -0.165. The Morgan fingerprint density at radius 2 is 0.979 bits per heavy atom. The smallest absolute Gasteiger partial charge is 0.420 e. The molecule has 0 spiro atoms. The lowest BCUT2D eigenvalue weighted by atomic mass is 10.0. The summed E-state index contributed by atoms with van der Waals surface area (Å²) in [6, 6.07) is 8.29. The fraction of sp³-hybridized carbons (Fsp3) is 0.375. The molecule has 0 saturated carbocycles. The maximum atomic E-state index is 14.3. The molecule has 2 unspecified atom stereocenters. The number of carbonyl (C=O) groups excluding carboxylic acids is 2. The summed E-state index contributed by atoms with van der Waals surface area (Å²) in [5.41, 5.74) is -4.28. The molecule has 48 heavy (non-hydrogen) atoms. The summed E-state index contributed by atoms with van der Waals surface area (Å²) in [6.45, 7) is 1.24. The highest BCUT2D eigenvalue weighted by atomic mass is 19.4. The van der Waals surface area contributed by atoms with Crippen LogP contribution in [0.15, 0.2) is 48.5 Å². The van der Waals surface area contributed by atoms with Crippen molar-refractivity contribution in [1.82, 2.24) is 0 Å². The van der Waals surface area contributed by atoms with Crippen molar-refractivity contribution < 1.29 is 73.1 Å². The van der Waals surface area contributed by atoms with Gasteiger partial charge in [-0.1, -0.05) is 12.1 Å². The Morgan fingerprint density at radius 1 is 0.625 bits per heavy atom. The van der Waals surface area contributed by atoms with Crippen LogP contribution in [-0.4, -0.2) is 50.6 Å². The molecule has 0 N–H and O–H groups in total. The van der Waals surface area contributed by atoms with Crippen molar-refractivity contribution in [2.45, 2.75) is 50.2 Å². The summed E-state index contributed by atoms with van der Waals surface area (Å²) in [7, 11) is 0. The van der Waals surface area contributed by atoms with Crippen molar-refractivity contribution in [3.05, 3.63) is 82.4 Å². The molecule has 3 aromatic carbocycles. The molecular weight excluding hydrogens is 664 g/mol. The number of alkyl halides is 6. The predicted molar refractivity (Wildman–Crippen MR) is 148 cm³/mol. The van der Waals surface area contributed by atoms with Crippen LogP contribution in [0.5, 0.6) is 23.0 Å². The summed E-state index contributed by atoms with van der Waals surface area (Å²) >= 11 is 0. The van der Waals surface area contributed by atoms with Gasteiger partial charge in [-0.05, 0) is 60.4 Å². The lowest BCUT2D eigenvalue weighted by Gasteiger charge is -2.21. The Hall–Kier alpha value is -4.44. The van der Waals surface area contributed by atoms with Crippen LogP contribution in [0.1, 0.15) is 35.1 Å². The zero-order valence-corrected chi connectivity index (χ0v) is 24.7. The number of carbonyl (C=O) groups is 2. The monoisotopic (exact) mass is 690 g/mol. The zero-order chi connectivity index (χ0) is 34.6. The molecule has 8 nitrogen and oxygen atoms in total. The van der Waals surface area contributed by atoms with Gasteiger partial charge in [-0.3, -0.25) is 9.59 Å². The number of hydrogen-bond donors (Lipinski definition) is 0. The SMILES string of the molecule is O=C(CCc1ccc(OCC2CO2)c(F)c1)Oc1ccc(OC(=O)CCc2ccc(OCC3CO3)c(F)c2)c(C(F)(F)F)c1C(F)(F)F. The summed E-state index contributed by atoms with van der Waals surface area (Å²) in [4.78, 5) is 24.9. The van der Waals surface area contributed by atoms with E-state index in [-0.39, 0.29) is 60.9 Å². The summed E-state index contributed by atoms with van der Waals surface area (Å²) in [5, 5.41) is 0. The van der Waals surface area contributed by atoms with Crippen LogP contribution < -0.4 is 18.9 Å². The van der Waals surface area contributed by atoms with Gasteiger partial charge < -0.3 is 28.4 Å². The number of epoxide rings is 2. The molecule has 258 valence electrons. The van der Waals surface area contributed by atoms with Gasteiger partial charge in [0.05, 0.1) is 13.2 Å². The van der Waals surface area contributed by atoms with Gasteiger partial charge in [0.15, 0.2) is 23.1 Å². The van der Waals surface area contributed by atoms with E-state index in [1.165, 1.54) is 24.3 Å². The number of hydrogen-bond acceptors (Lipinski definition) is 8. The third-order valence-corrected chi connectivity index (χ3v) is 7.03. The van der Waals surface area contributed by atoms with Crippen LogP contribution in [-0.2, 0) is 44.3 Å². The van der Waals surface area contributed by atoms with E-state index >= 15 is 0 Å². The van der Waals surface area contributed by atoms with Crippen molar-refractivity contribution in [2.75, 3.05) is 26.4 Å². The molecule has 3 aromatic rings. The fourth-order valence-corrected chi connectivity index (χ4v) is 4.47. The molecule has 2 aliphatic rings. The minimum absolute atomic E-state index is 0.0829. The molecule has 0 amide bonds. The zero-order valence-electron chi connectivity index (χ0n) is 24.7. The average molecular weight is 691 g/mol. The van der Waals surface area contributed by atoms with E-state index in [1.54, 1.807) is 0 Å². The van der Waals surface area contributed by atoms with Gasteiger partial charge in [-0.15, -0.1) is 0 Å². The molecule has 5 rings (SSSR count). The number of aryl methyl sites for hydroxylation is 2. The number of halogens is 8. The Balaban J connectivity index is 1.24. The van der Waals surface area contributed by atoms with E-state index in [0.717, 1.165) is 12.1 Å². The molecule has 2 saturated heterocycles. The third-order valence-electron chi connectivity index (χ3n) is 7.03. The fourth-order valence-electron chi connectivity index (χ4n) is 4.47. The maximum absolute atomic E-state index is 14.3. The highest BCUT2D eigenvalue weighted by Crippen LogP contribution is 2.49. The molecule has 2 aliphatic heterocycles. The Bertz CT molecular complexity index is 1530. The normalized spacial score (nSPS) is 17.1. The number of ether oxygens (including phenoxy) is 6. The number of benzene rings is 3. The molecule has 0 aromatic heterocycles. The summed E-state index contributed by atoms with van der Waals surface area (Å²) in [6.07, 6.45) is -13.4. The molecule has 0 radical (unpaired) electrons. The first kappa shape index (κ1) is 34.9. The van der Waals surface area contributed by atoms with Gasteiger partial charge >= 0.3 is 24.3 Å². The molecule has 2 fully saturated rings. The first-order valence-corrected chi connectivity index (χ1v) is 14.5. The lowest BCUT2D eigenvalue weighted by Crippen LogP contribution is -2.22. The standard InChI is InChI=1S/C32H26F8O8/c33-21-11-17(1-5-23(21)45-15-19-13-43-19)3-9-27(41)47-25-7-8-26(30(32(38,39)40)29(25)31(35,36)37)48-28(42)10-4-18-2-6-24(22(34)12-18)46-16-20-14-44-20/h1-2,5-8,11-12,19-20H,3-4,9-10,13-16H2. The van der Waals surface area contributed by atoms with E-state index in [2.05, 4.69) is 0 Å². The van der Waals surface area contributed by atoms with Crippen molar-refractivity contribution in [3.8, 4) is 23.0 Å². The van der Waals surface area contributed by atoms with Crippen LogP contribution in [0, 0.1) is 11.6 Å². The van der Waals surface area contributed by atoms with Gasteiger partial charge in [0.1, 0.15) is 48.0 Å². The van der Waals surface area contributed by atoms with E-state index in [4.69, 9.17) is 28.4 Å². The van der Waals surface area contributed by atoms with Crippen LogP contribution in [0.2, 0.25) is 0 Å². The number of esters is 2. The maximum Gasteiger partial charge on any atom is 0.420 e. The van der Waals surface area contributed by atoms with E-state index in [9.17, 15) is 44.7 Å². The van der Waals surface area contributed by atoms with Gasteiger partial charge in [0.25, 0.3) is 0 Å². The highest BCUT2D eigenvalue weighted by molar-refractivity contribution is 5.75. The first-order chi connectivity index (χ1) is 22.7. The molecule has 16 heteroatoms. The minimum atomic E-state index is -5.71. The second-order valence-electron chi connectivity index (χ2n) is 10.8. The van der Waals surface area contributed by atoms with Crippen LogP contribution in [0.25, 0.3) is 0 Å². The van der Waals surface area contributed by atoms with Gasteiger partial charge in [-0.2, -0.15) is 26.3 Å². The topological polar surface area (TPSA) is 96.1 Å². The molecule has 0 bridgehead atoms. The largest absolute Gasteiger partial charge is 0.488 e. The first-order valence-electron chi connectivity index (χ1n) is 14.5. The average Bonchev–Trinajstić information content (AvgIpc) is 3.93. The van der Waals surface area contributed by atoms with Crippen LogP contribution in [0.4, 0.5) is 35.1 Å². The van der Waals surface area contributed by atoms with Gasteiger partial charge in [0, 0.05) is 12.8 Å². The third kappa shape index (κ3) is 9.56. The summed E-state index contributed by atoms with van der Waals surface area (Å²) < 4.78 is 143. The second kappa shape index (κ2) is 14.4. The molecule has 0 aliphatic carbocycles. The van der Waals surface area contributed by atoms with E-state index in [1.807, 2.05) is 0 Å².